The topological polar surface area (TPSA) is 67.9 Å². The number of rotatable bonds is 7. The Bertz CT molecular complexity index is 1030. The fourth-order valence-electron chi connectivity index (χ4n) is 3.69. The maximum Gasteiger partial charge on any atom is 0.263 e. The molecule has 2 aromatic carbocycles. The van der Waals surface area contributed by atoms with Crippen molar-refractivity contribution in [2.24, 2.45) is 5.92 Å². The fraction of sp³-hybridized carbons (Fsp3) is 0.280. The summed E-state index contributed by atoms with van der Waals surface area (Å²) in [5.41, 5.74) is 0.704. The Balaban J connectivity index is 1.31. The number of carbonyl (C=O) groups excluding carboxylic acids is 2. The molecule has 7 heteroatoms. The lowest BCUT2D eigenvalue weighted by Crippen LogP contribution is -2.43. The van der Waals surface area contributed by atoms with Gasteiger partial charge in [-0.25, -0.2) is 0 Å². The van der Waals surface area contributed by atoms with Crippen LogP contribution in [0.25, 0.3) is 0 Å². The quantitative estimate of drug-likeness (QED) is 0.521. The van der Waals surface area contributed by atoms with Crippen LogP contribution < -0.4 is 14.8 Å². The summed E-state index contributed by atoms with van der Waals surface area (Å²) in [6, 6.07) is 18.4. The van der Waals surface area contributed by atoms with E-state index in [2.05, 4.69) is 5.32 Å². The van der Waals surface area contributed by atoms with Gasteiger partial charge in [-0.15, -0.1) is 11.3 Å². The molecule has 1 fully saturated rings. The lowest BCUT2D eigenvalue weighted by Gasteiger charge is -2.31. The van der Waals surface area contributed by atoms with E-state index >= 15 is 0 Å². The lowest BCUT2D eigenvalue weighted by molar-refractivity contribution is -0.121. The zero-order valence-corrected chi connectivity index (χ0v) is 18.8. The molecule has 32 heavy (non-hydrogen) atoms. The van der Waals surface area contributed by atoms with Crippen molar-refractivity contribution in [2.75, 3.05) is 25.0 Å². The molecule has 0 bridgehead atoms. The standard InChI is InChI=1S/C25H26N2O4S/c1-2-30-20-11-13-22(14-12-20)31-21-9-7-19(8-10-21)26-24(28)18-5-3-15-27(17-18)25(29)23-6-4-16-32-23/h4,6-14,16,18H,2-3,5,15,17H2,1H3,(H,26,28). The zero-order valence-electron chi connectivity index (χ0n) is 18.0. The molecule has 4 rings (SSSR count). The molecule has 1 N–H and O–H groups in total. The van der Waals surface area contributed by atoms with Gasteiger partial charge in [-0.3, -0.25) is 9.59 Å². The number of ether oxygens (including phenoxy) is 2. The Morgan fingerprint density at radius 1 is 1.03 bits per heavy atom. The molecular weight excluding hydrogens is 424 g/mol. The minimum absolute atomic E-state index is 0.00768. The summed E-state index contributed by atoms with van der Waals surface area (Å²) in [7, 11) is 0. The third-order valence-electron chi connectivity index (χ3n) is 5.30. The predicted molar refractivity (Wildman–Crippen MR) is 126 cm³/mol. The Kier molecular flexibility index (Phi) is 7.07. The number of benzene rings is 2. The number of amides is 2. The van der Waals surface area contributed by atoms with E-state index in [9.17, 15) is 9.59 Å². The van der Waals surface area contributed by atoms with E-state index in [1.807, 2.05) is 73.0 Å². The summed E-state index contributed by atoms with van der Waals surface area (Å²) < 4.78 is 11.3. The van der Waals surface area contributed by atoms with Crippen molar-refractivity contribution < 1.29 is 19.1 Å². The minimum atomic E-state index is -0.215. The van der Waals surface area contributed by atoms with Gasteiger partial charge in [0.25, 0.3) is 5.91 Å². The van der Waals surface area contributed by atoms with Crippen LogP contribution >= 0.6 is 11.3 Å². The van der Waals surface area contributed by atoms with E-state index in [-0.39, 0.29) is 17.7 Å². The third kappa shape index (κ3) is 5.48. The number of piperidine rings is 1. The first-order valence-electron chi connectivity index (χ1n) is 10.8. The minimum Gasteiger partial charge on any atom is -0.494 e. The van der Waals surface area contributed by atoms with Gasteiger partial charge in [0.1, 0.15) is 17.2 Å². The maximum atomic E-state index is 12.8. The number of hydrogen-bond acceptors (Lipinski definition) is 5. The van der Waals surface area contributed by atoms with Gasteiger partial charge >= 0.3 is 0 Å². The van der Waals surface area contributed by atoms with Crippen molar-refractivity contribution in [1.29, 1.82) is 0 Å². The van der Waals surface area contributed by atoms with Crippen LogP contribution in [-0.2, 0) is 4.79 Å². The molecule has 1 saturated heterocycles. The van der Waals surface area contributed by atoms with Crippen molar-refractivity contribution >= 4 is 28.8 Å². The number of nitrogens with zero attached hydrogens (tertiary/aromatic N) is 1. The first-order chi connectivity index (χ1) is 15.6. The second kappa shape index (κ2) is 10.3. The molecule has 2 amide bonds. The highest BCUT2D eigenvalue weighted by Gasteiger charge is 2.29. The van der Waals surface area contributed by atoms with Crippen molar-refractivity contribution in [3.63, 3.8) is 0 Å². The first kappa shape index (κ1) is 21.9. The van der Waals surface area contributed by atoms with Gasteiger partial charge in [-0.1, -0.05) is 6.07 Å². The van der Waals surface area contributed by atoms with Crippen LogP contribution in [0.2, 0.25) is 0 Å². The Hall–Kier alpha value is -3.32. The van der Waals surface area contributed by atoms with Crippen LogP contribution in [0.5, 0.6) is 17.2 Å². The molecule has 0 aliphatic carbocycles. The first-order valence-corrected chi connectivity index (χ1v) is 11.6. The maximum absolute atomic E-state index is 12.8. The fourth-order valence-corrected chi connectivity index (χ4v) is 4.38. The van der Waals surface area contributed by atoms with Crippen LogP contribution in [0, 0.1) is 5.92 Å². The highest BCUT2D eigenvalue weighted by molar-refractivity contribution is 7.12. The van der Waals surface area contributed by atoms with Gasteiger partial charge in [0.15, 0.2) is 0 Å². The summed E-state index contributed by atoms with van der Waals surface area (Å²) >= 11 is 1.43. The average molecular weight is 451 g/mol. The molecule has 3 aromatic rings. The molecule has 2 heterocycles. The molecule has 0 radical (unpaired) electrons. The van der Waals surface area contributed by atoms with E-state index in [1.54, 1.807) is 4.90 Å². The monoisotopic (exact) mass is 450 g/mol. The van der Waals surface area contributed by atoms with Gasteiger partial charge in [0.05, 0.1) is 17.4 Å². The lowest BCUT2D eigenvalue weighted by atomic mass is 9.97. The van der Waals surface area contributed by atoms with E-state index in [4.69, 9.17) is 9.47 Å². The number of anilines is 1. The summed E-state index contributed by atoms with van der Waals surface area (Å²) in [6.45, 7) is 3.70. The van der Waals surface area contributed by atoms with Gasteiger partial charge < -0.3 is 19.7 Å². The SMILES string of the molecule is CCOc1ccc(Oc2ccc(NC(=O)C3CCCN(C(=O)c4cccs4)C3)cc2)cc1. The van der Waals surface area contributed by atoms with E-state index < -0.39 is 0 Å². The Morgan fingerprint density at radius 2 is 1.72 bits per heavy atom. The molecule has 1 aliphatic heterocycles. The number of carbonyl (C=O) groups is 2. The van der Waals surface area contributed by atoms with E-state index in [0.29, 0.717) is 41.8 Å². The van der Waals surface area contributed by atoms with Crippen LogP contribution in [0.1, 0.15) is 29.4 Å². The summed E-state index contributed by atoms with van der Waals surface area (Å²) in [4.78, 5) is 27.9. The van der Waals surface area contributed by atoms with Crippen molar-refractivity contribution in [1.82, 2.24) is 4.90 Å². The van der Waals surface area contributed by atoms with E-state index in [0.717, 1.165) is 18.6 Å². The zero-order chi connectivity index (χ0) is 22.3. The van der Waals surface area contributed by atoms with Crippen LogP contribution in [0.4, 0.5) is 5.69 Å². The number of likely N-dealkylation sites (tertiary alicyclic amines) is 1. The van der Waals surface area contributed by atoms with Crippen molar-refractivity contribution in [3.05, 3.63) is 70.9 Å². The summed E-state index contributed by atoms with van der Waals surface area (Å²) in [5.74, 6) is 1.92. The van der Waals surface area contributed by atoms with Gasteiger partial charge in [-0.05, 0) is 79.7 Å². The van der Waals surface area contributed by atoms with E-state index in [1.165, 1.54) is 11.3 Å². The third-order valence-corrected chi connectivity index (χ3v) is 6.16. The Labute approximate surface area is 191 Å². The number of nitrogens with one attached hydrogen (secondary N) is 1. The molecule has 6 nitrogen and oxygen atoms in total. The number of hydrogen-bond donors (Lipinski definition) is 1. The van der Waals surface area contributed by atoms with Gasteiger partial charge in [0.2, 0.25) is 5.91 Å². The highest BCUT2D eigenvalue weighted by atomic mass is 32.1. The molecule has 1 aliphatic rings. The van der Waals surface area contributed by atoms with Crippen molar-refractivity contribution in [3.8, 4) is 17.2 Å². The smallest absolute Gasteiger partial charge is 0.263 e. The molecule has 0 spiro atoms. The average Bonchev–Trinajstić information content (AvgIpc) is 3.36. The molecule has 1 aromatic heterocycles. The summed E-state index contributed by atoms with van der Waals surface area (Å²) in [5, 5.41) is 4.87. The number of thiophene rings is 1. The van der Waals surface area contributed by atoms with Crippen LogP contribution in [0.15, 0.2) is 66.0 Å². The van der Waals surface area contributed by atoms with Crippen LogP contribution in [-0.4, -0.2) is 36.4 Å². The van der Waals surface area contributed by atoms with Gasteiger partial charge in [-0.2, -0.15) is 0 Å². The van der Waals surface area contributed by atoms with Crippen molar-refractivity contribution in [2.45, 2.75) is 19.8 Å². The van der Waals surface area contributed by atoms with Gasteiger partial charge in [0, 0.05) is 18.8 Å². The molecular formula is C25H26N2O4S. The predicted octanol–water partition coefficient (Wildman–Crippen LogP) is 5.43. The molecule has 1 atom stereocenters. The largest absolute Gasteiger partial charge is 0.494 e. The highest BCUT2D eigenvalue weighted by Crippen LogP contribution is 2.26. The molecule has 0 saturated carbocycles. The Morgan fingerprint density at radius 3 is 2.38 bits per heavy atom. The summed E-state index contributed by atoms with van der Waals surface area (Å²) in [6.07, 6.45) is 1.60. The second-order valence-corrected chi connectivity index (χ2v) is 8.54. The van der Waals surface area contributed by atoms with Crippen LogP contribution in [0.3, 0.4) is 0 Å². The molecule has 1 unspecified atom stereocenters. The molecule has 166 valence electrons. The second-order valence-electron chi connectivity index (χ2n) is 7.59. The normalized spacial score (nSPS) is 15.8.